The molecule has 24 heavy (non-hydrogen) atoms. The fraction of sp³-hybridized carbons (Fsp3) is 0.154. The Hall–Kier alpha value is -2.27. The van der Waals surface area contributed by atoms with E-state index in [9.17, 15) is 36.4 Å². The molecule has 2 aromatic rings. The van der Waals surface area contributed by atoms with Crippen LogP contribution in [-0.2, 0) is 6.18 Å². The Morgan fingerprint density at radius 2 is 1.50 bits per heavy atom. The third-order valence-electron chi connectivity index (χ3n) is 2.92. The third-order valence-corrected chi connectivity index (χ3v) is 2.92. The second-order valence-corrected chi connectivity index (χ2v) is 4.56. The molecule has 2 rings (SSSR count). The minimum Gasteiger partial charge on any atom is -0.423 e. The molecule has 0 atom stereocenters. The first kappa shape index (κ1) is 18.1. The topological polar surface area (TPSA) is 62.6 Å². The van der Waals surface area contributed by atoms with Gasteiger partial charge in [-0.2, -0.15) is 13.2 Å². The fourth-order valence-corrected chi connectivity index (χ4v) is 2.03. The largest absolute Gasteiger partial charge is 0.573 e. The van der Waals surface area contributed by atoms with Crippen LogP contribution < -0.4 is 10.2 Å². The van der Waals surface area contributed by atoms with Crippen LogP contribution in [0.1, 0.15) is 5.56 Å². The minimum atomic E-state index is -4.91. The van der Waals surface area contributed by atoms with E-state index in [-0.39, 0.29) is 5.56 Å². The smallest absolute Gasteiger partial charge is 0.423 e. The van der Waals surface area contributed by atoms with Crippen molar-refractivity contribution in [1.29, 1.82) is 0 Å². The average molecular weight is 351 g/mol. The predicted octanol–water partition coefficient (Wildman–Crippen LogP) is 2.35. The number of pyridine rings is 1. The lowest BCUT2D eigenvalue weighted by Gasteiger charge is -2.16. The summed E-state index contributed by atoms with van der Waals surface area (Å²) in [5.74, 6) is -0.579. The van der Waals surface area contributed by atoms with E-state index in [0.29, 0.717) is 6.07 Å². The number of aromatic nitrogens is 1. The second kappa shape index (κ2) is 6.32. The molecule has 0 bridgehead atoms. The van der Waals surface area contributed by atoms with Crippen LogP contribution in [0.15, 0.2) is 36.5 Å². The van der Waals surface area contributed by atoms with Gasteiger partial charge in [0.05, 0.1) is 11.3 Å². The normalized spacial score (nSPS) is 12.2. The summed E-state index contributed by atoms with van der Waals surface area (Å²) >= 11 is 0. The van der Waals surface area contributed by atoms with Crippen LogP contribution >= 0.6 is 0 Å². The van der Waals surface area contributed by atoms with Crippen molar-refractivity contribution in [3.8, 4) is 17.0 Å². The molecular formula is C13H8BF6NO3. The number of benzene rings is 1. The molecule has 1 aromatic carbocycles. The molecule has 0 saturated carbocycles. The first-order valence-electron chi connectivity index (χ1n) is 6.27. The Balaban J connectivity index is 2.49. The van der Waals surface area contributed by atoms with Gasteiger partial charge < -0.3 is 14.8 Å². The molecule has 128 valence electrons. The van der Waals surface area contributed by atoms with Gasteiger partial charge in [-0.3, -0.25) is 4.98 Å². The van der Waals surface area contributed by atoms with Crippen molar-refractivity contribution in [2.24, 2.45) is 0 Å². The van der Waals surface area contributed by atoms with E-state index < -0.39 is 42.1 Å². The van der Waals surface area contributed by atoms with Gasteiger partial charge >= 0.3 is 19.7 Å². The van der Waals surface area contributed by atoms with Gasteiger partial charge in [0.2, 0.25) is 0 Å². The van der Waals surface area contributed by atoms with Crippen LogP contribution in [0.25, 0.3) is 11.3 Å². The van der Waals surface area contributed by atoms with Crippen molar-refractivity contribution in [2.45, 2.75) is 12.5 Å². The zero-order valence-electron chi connectivity index (χ0n) is 11.6. The van der Waals surface area contributed by atoms with Crippen LogP contribution in [0, 0.1) is 0 Å². The standard InChI is InChI=1S/C13H8BF6NO3/c15-12(16,17)9-5-6-21-11(10(9)14(22)23)7-1-3-8(4-2-7)24-13(18,19)20/h1-6,22-23H. The van der Waals surface area contributed by atoms with Crippen LogP contribution in [0.3, 0.4) is 0 Å². The van der Waals surface area contributed by atoms with E-state index in [4.69, 9.17) is 0 Å². The lowest BCUT2D eigenvalue weighted by Crippen LogP contribution is -2.38. The van der Waals surface area contributed by atoms with E-state index in [0.717, 1.165) is 30.5 Å². The number of halogens is 6. The fourth-order valence-electron chi connectivity index (χ4n) is 2.03. The number of hydrogen-bond donors (Lipinski definition) is 2. The highest BCUT2D eigenvalue weighted by molar-refractivity contribution is 6.61. The Labute approximate surface area is 131 Å². The zero-order chi connectivity index (χ0) is 18.1. The first-order valence-corrected chi connectivity index (χ1v) is 6.27. The van der Waals surface area contributed by atoms with Gasteiger partial charge in [-0.1, -0.05) is 0 Å². The Morgan fingerprint density at radius 3 is 1.96 bits per heavy atom. The van der Waals surface area contributed by atoms with Crippen molar-refractivity contribution < 1.29 is 41.1 Å². The molecule has 0 amide bonds. The van der Waals surface area contributed by atoms with Gasteiger partial charge in [0.1, 0.15) is 5.75 Å². The molecule has 1 aromatic heterocycles. The SMILES string of the molecule is OB(O)c1c(C(F)(F)F)ccnc1-c1ccc(OC(F)(F)F)cc1. The molecule has 0 aliphatic heterocycles. The molecule has 0 radical (unpaired) electrons. The monoisotopic (exact) mass is 351 g/mol. The van der Waals surface area contributed by atoms with Crippen LogP contribution in [0.2, 0.25) is 0 Å². The van der Waals surface area contributed by atoms with Gasteiger partial charge in [0, 0.05) is 17.2 Å². The van der Waals surface area contributed by atoms with E-state index in [1.165, 1.54) is 0 Å². The van der Waals surface area contributed by atoms with E-state index in [2.05, 4.69) is 9.72 Å². The summed E-state index contributed by atoms with van der Waals surface area (Å²) in [6, 6.07) is 4.36. The number of alkyl halides is 6. The molecule has 0 fully saturated rings. The molecule has 4 nitrogen and oxygen atoms in total. The minimum absolute atomic E-state index is 0.0428. The van der Waals surface area contributed by atoms with Gasteiger partial charge in [-0.05, 0) is 30.3 Å². The molecule has 0 spiro atoms. The summed E-state index contributed by atoms with van der Waals surface area (Å²) in [7, 11) is -2.48. The van der Waals surface area contributed by atoms with Gasteiger partial charge in [0.15, 0.2) is 0 Å². The predicted molar refractivity (Wildman–Crippen MR) is 71.2 cm³/mol. The molecule has 0 saturated heterocycles. The molecule has 1 heterocycles. The van der Waals surface area contributed by atoms with E-state index >= 15 is 0 Å². The Bertz CT molecular complexity index is 715. The summed E-state index contributed by atoms with van der Waals surface area (Å²) in [5.41, 5.74) is -2.66. The Morgan fingerprint density at radius 1 is 0.917 bits per heavy atom. The molecule has 0 aliphatic rings. The van der Waals surface area contributed by atoms with Crippen molar-refractivity contribution in [3.63, 3.8) is 0 Å². The van der Waals surface area contributed by atoms with Gasteiger partial charge in [-0.15, -0.1) is 13.2 Å². The lowest BCUT2D eigenvalue weighted by atomic mass is 9.74. The maximum atomic E-state index is 13.0. The van der Waals surface area contributed by atoms with E-state index in [1.54, 1.807) is 0 Å². The zero-order valence-corrected chi connectivity index (χ0v) is 11.6. The summed E-state index contributed by atoms with van der Waals surface area (Å²) in [5, 5.41) is 18.5. The lowest BCUT2D eigenvalue weighted by molar-refractivity contribution is -0.274. The van der Waals surface area contributed by atoms with Crippen LogP contribution in [0.4, 0.5) is 26.3 Å². The average Bonchev–Trinajstić information content (AvgIpc) is 2.44. The summed E-state index contributed by atoms with van der Waals surface area (Å²) in [6.07, 6.45) is -8.97. The maximum absolute atomic E-state index is 13.0. The van der Waals surface area contributed by atoms with Crippen molar-refractivity contribution >= 4 is 12.6 Å². The van der Waals surface area contributed by atoms with Crippen molar-refractivity contribution in [2.75, 3.05) is 0 Å². The van der Waals surface area contributed by atoms with Crippen LogP contribution in [0.5, 0.6) is 5.75 Å². The molecule has 2 N–H and O–H groups in total. The maximum Gasteiger partial charge on any atom is 0.573 e. The molecule has 0 unspecified atom stereocenters. The molecule has 11 heteroatoms. The number of nitrogens with zero attached hydrogens (tertiary/aromatic N) is 1. The molecule has 0 aliphatic carbocycles. The number of hydrogen-bond acceptors (Lipinski definition) is 4. The highest BCUT2D eigenvalue weighted by Crippen LogP contribution is 2.31. The first-order chi connectivity index (χ1) is 11.0. The van der Waals surface area contributed by atoms with Crippen molar-refractivity contribution in [3.05, 3.63) is 42.1 Å². The third kappa shape index (κ3) is 4.17. The summed E-state index contributed by atoms with van der Waals surface area (Å²) in [4.78, 5) is 3.67. The highest BCUT2D eigenvalue weighted by Gasteiger charge is 2.38. The van der Waals surface area contributed by atoms with Gasteiger partial charge in [-0.25, -0.2) is 0 Å². The van der Waals surface area contributed by atoms with E-state index in [1.807, 2.05) is 0 Å². The quantitative estimate of drug-likeness (QED) is 0.658. The van der Waals surface area contributed by atoms with Gasteiger partial charge in [0.25, 0.3) is 0 Å². The van der Waals surface area contributed by atoms with Crippen molar-refractivity contribution in [1.82, 2.24) is 4.98 Å². The second-order valence-electron chi connectivity index (χ2n) is 4.56. The highest BCUT2D eigenvalue weighted by atomic mass is 19.4. The molecular weight excluding hydrogens is 343 g/mol. The van der Waals surface area contributed by atoms with Crippen LogP contribution in [-0.4, -0.2) is 28.5 Å². The summed E-state index contributed by atoms with van der Waals surface area (Å²) < 4.78 is 78.8. The summed E-state index contributed by atoms with van der Waals surface area (Å²) in [6.45, 7) is 0. The Kier molecular flexibility index (Phi) is 4.76. The number of ether oxygens (including phenoxy) is 1. The number of rotatable bonds is 3.